The van der Waals surface area contributed by atoms with E-state index < -0.39 is 10.0 Å². The minimum Gasteiger partial charge on any atom is -0.492 e. The Morgan fingerprint density at radius 2 is 1.63 bits per heavy atom. The van der Waals surface area contributed by atoms with Gasteiger partial charge in [0.05, 0.1) is 6.61 Å². The summed E-state index contributed by atoms with van der Waals surface area (Å²) < 4.78 is 33.3. The predicted molar refractivity (Wildman–Crippen MR) is 110 cm³/mol. The van der Waals surface area contributed by atoms with Crippen molar-refractivity contribution < 1.29 is 13.2 Å². The van der Waals surface area contributed by atoms with Gasteiger partial charge < -0.3 is 9.64 Å². The van der Waals surface area contributed by atoms with Crippen LogP contribution in [-0.2, 0) is 10.0 Å². The summed E-state index contributed by atoms with van der Waals surface area (Å²) >= 11 is 12.2. The highest BCUT2D eigenvalue weighted by Crippen LogP contribution is 2.31. The molecule has 0 radical (unpaired) electrons. The smallest absolute Gasteiger partial charge is 0.246 e. The fraction of sp³-hybridized carbons (Fsp3) is 0.368. The lowest BCUT2D eigenvalue weighted by Crippen LogP contribution is -2.48. The van der Waals surface area contributed by atoms with Crippen molar-refractivity contribution in [1.82, 2.24) is 4.31 Å². The molecule has 0 saturated carbocycles. The molecule has 1 aliphatic heterocycles. The van der Waals surface area contributed by atoms with E-state index in [1.165, 1.54) is 10.4 Å². The lowest BCUT2D eigenvalue weighted by molar-refractivity contribution is 0.327. The van der Waals surface area contributed by atoms with E-state index in [-0.39, 0.29) is 4.90 Å². The lowest BCUT2D eigenvalue weighted by Gasteiger charge is -2.36. The van der Waals surface area contributed by atoms with Gasteiger partial charge in [-0.1, -0.05) is 29.3 Å². The molecular weight excluding hydrogens is 407 g/mol. The van der Waals surface area contributed by atoms with Crippen molar-refractivity contribution in [3.05, 3.63) is 52.0 Å². The van der Waals surface area contributed by atoms with Crippen LogP contribution in [0.5, 0.6) is 5.75 Å². The Bertz CT molecular complexity index is 927. The number of sulfonamides is 1. The van der Waals surface area contributed by atoms with Crippen LogP contribution in [-0.4, -0.2) is 45.5 Å². The summed E-state index contributed by atoms with van der Waals surface area (Å²) in [5.41, 5.74) is 2.15. The molecule has 1 fully saturated rings. The van der Waals surface area contributed by atoms with Crippen LogP contribution in [0.25, 0.3) is 0 Å². The highest BCUT2D eigenvalue weighted by Gasteiger charge is 2.31. The van der Waals surface area contributed by atoms with Gasteiger partial charge in [0.15, 0.2) is 0 Å². The second kappa shape index (κ2) is 8.27. The van der Waals surface area contributed by atoms with Crippen LogP contribution in [0.4, 0.5) is 5.69 Å². The van der Waals surface area contributed by atoms with E-state index in [1.54, 1.807) is 12.1 Å². The third-order valence-corrected chi connectivity index (χ3v) is 6.96. The molecule has 5 nitrogen and oxygen atoms in total. The van der Waals surface area contributed by atoms with Gasteiger partial charge in [-0.05, 0) is 49.7 Å². The molecular formula is C19H22Cl2N2O3S. The molecule has 1 heterocycles. The maximum atomic E-state index is 13.1. The van der Waals surface area contributed by atoms with Gasteiger partial charge in [0.1, 0.15) is 10.6 Å². The Morgan fingerprint density at radius 1 is 1.00 bits per heavy atom. The van der Waals surface area contributed by atoms with Gasteiger partial charge in [-0.25, -0.2) is 8.42 Å². The third-order valence-electron chi connectivity index (χ3n) is 4.57. The number of aryl methyl sites for hydroxylation is 1. The normalized spacial score (nSPS) is 15.8. The van der Waals surface area contributed by atoms with Crippen LogP contribution >= 0.6 is 23.2 Å². The van der Waals surface area contributed by atoms with Crippen molar-refractivity contribution in [3.63, 3.8) is 0 Å². The van der Waals surface area contributed by atoms with Gasteiger partial charge in [0.25, 0.3) is 0 Å². The Kier molecular flexibility index (Phi) is 6.21. The first kappa shape index (κ1) is 20.3. The van der Waals surface area contributed by atoms with Crippen molar-refractivity contribution in [2.75, 3.05) is 37.7 Å². The zero-order valence-electron chi connectivity index (χ0n) is 15.3. The second-order valence-electron chi connectivity index (χ2n) is 6.35. The first-order valence-corrected chi connectivity index (χ1v) is 11.0. The van der Waals surface area contributed by atoms with Crippen molar-refractivity contribution in [1.29, 1.82) is 0 Å². The highest BCUT2D eigenvalue weighted by molar-refractivity contribution is 7.89. The fourth-order valence-corrected chi connectivity index (χ4v) is 5.17. The van der Waals surface area contributed by atoms with Crippen LogP contribution in [0.15, 0.2) is 41.3 Å². The van der Waals surface area contributed by atoms with Crippen LogP contribution < -0.4 is 9.64 Å². The Morgan fingerprint density at radius 3 is 2.30 bits per heavy atom. The summed E-state index contributed by atoms with van der Waals surface area (Å²) in [5.74, 6) is 0.329. The number of anilines is 1. The molecule has 8 heteroatoms. The van der Waals surface area contributed by atoms with E-state index >= 15 is 0 Å². The molecule has 0 aromatic heterocycles. The van der Waals surface area contributed by atoms with E-state index in [1.807, 2.05) is 32.0 Å². The molecule has 1 saturated heterocycles. The highest BCUT2D eigenvalue weighted by atomic mass is 35.5. The Hall–Kier alpha value is -1.47. The molecule has 0 atom stereocenters. The number of piperazine rings is 1. The predicted octanol–water partition coefficient (Wildman–Crippen LogP) is 4.21. The van der Waals surface area contributed by atoms with Crippen molar-refractivity contribution in [2.24, 2.45) is 0 Å². The molecule has 1 aliphatic rings. The van der Waals surface area contributed by atoms with Crippen molar-refractivity contribution in [3.8, 4) is 5.75 Å². The molecule has 0 spiro atoms. The molecule has 2 aromatic carbocycles. The maximum absolute atomic E-state index is 13.1. The zero-order chi connectivity index (χ0) is 19.6. The maximum Gasteiger partial charge on any atom is 0.246 e. The van der Waals surface area contributed by atoms with E-state index in [0.29, 0.717) is 48.6 Å². The minimum atomic E-state index is -3.69. The molecule has 146 valence electrons. The lowest BCUT2D eigenvalue weighted by atomic mass is 10.1. The van der Waals surface area contributed by atoms with Gasteiger partial charge >= 0.3 is 0 Å². The average Bonchev–Trinajstić information content (AvgIpc) is 2.65. The van der Waals surface area contributed by atoms with E-state index in [2.05, 4.69) is 4.90 Å². The fourth-order valence-electron chi connectivity index (χ4n) is 3.19. The monoisotopic (exact) mass is 428 g/mol. The van der Waals surface area contributed by atoms with Crippen LogP contribution in [0, 0.1) is 6.92 Å². The summed E-state index contributed by atoms with van der Waals surface area (Å²) in [6, 6.07) is 10.4. The van der Waals surface area contributed by atoms with Crippen LogP contribution in [0.1, 0.15) is 12.5 Å². The SMILES string of the molecule is CCOc1ccc(Cl)cc1S(=O)(=O)N1CCN(c2cc(Cl)ccc2C)CC1. The number of ether oxygens (including phenoxy) is 1. The molecule has 0 N–H and O–H groups in total. The number of rotatable bonds is 5. The molecule has 27 heavy (non-hydrogen) atoms. The number of hydrogen-bond donors (Lipinski definition) is 0. The average molecular weight is 429 g/mol. The molecule has 0 bridgehead atoms. The Balaban J connectivity index is 1.81. The first-order chi connectivity index (χ1) is 12.8. The van der Waals surface area contributed by atoms with E-state index in [0.717, 1.165) is 11.3 Å². The minimum absolute atomic E-state index is 0.115. The molecule has 0 aliphatic carbocycles. The summed E-state index contributed by atoms with van der Waals surface area (Å²) in [4.78, 5) is 2.28. The van der Waals surface area contributed by atoms with E-state index in [4.69, 9.17) is 27.9 Å². The van der Waals surface area contributed by atoms with Gasteiger partial charge in [-0.3, -0.25) is 0 Å². The molecule has 2 aromatic rings. The number of hydrogen-bond acceptors (Lipinski definition) is 4. The number of halogens is 2. The molecule has 3 rings (SSSR count). The zero-order valence-corrected chi connectivity index (χ0v) is 17.6. The van der Waals surface area contributed by atoms with Gasteiger partial charge in [-0.2, -0.15) is 4.31 Å². The van der Waals surface area contributed by atoms with E-state index in [9.17, 15) is 8.42 Å². The molecule has 0 unspecified atom stereocenters. The first-order valence-electron chi connectivity index (χ1n) is 8.76. The quantitative estimate of drug-likeness (QED) is 0.715. The van der Waals surface area contributed by atoms with Gasteiger partial charge in [-0.15, -0.1) is 0 Å². The van der Waals surface area contributed by atoms with Crippen molar-refractivity contribution >= 4 is 38.9 Å². The summed E-state index contributed by atoms with van der Waals surface area (Å²) in [5, 5.41) is 1.04. The van der Waals surface area contributed by atoms with Gasteiger partial charge in [0.2, 0.25) is 10.0 Å². The van der Waals surface area contributed by atoms with Crippen LogP contribution in [0.2, 0.25) is 10.0 Å². The second-order valence-corrected chi connectivity index (χ2v) is 9.13. The topological polar surface area (TPSA) is 49.9 Å². The summed E-state index contributed by atoms with van der Waals surface area (Å²) in [7, 11) is -3.69. The van der Waals surface area contributed by atoms with Gasteiger partial charge in [0, 0.05) is 41.9 Å². The number of benzene rings is 2. The number of nitrogens with zero attached hydrogens (tertiary/aromatic N) is 2. The summed E-state index contributed by atoms with van der Waals surface area (Å²) in [6.45, 7) is 6.16. The van der Waals surface area contributed by atoms with Crippen molar-refractivity contribution in [2.45, 2.75) is 18.7 Å². The third kappa shape index (κ3) is 4.35. The largest absolute Gasteiger partial charge is 0.492 e. The summed E-state index contributed by atoms with van der Waals surface area (Å²) in [6.07, 6.45) is 0. The van der Waals surface area contributed by atoms with Crippen LogP contribution in [0.3, 0.4) is 0 Å². The standard InChI is InChI=1S/C19H22Cl2N2O3S/c1-3-26-18-7-6-16(21)13-19(18)27(24,25)23-10-8-22(9-11-23)17-12-15(20)5-4-14(17)2/h4-7,12-13H,3,8-11H2,1-2H3. The molecule has 0 amide bonds. The Labute approximate surface area is 170 Å².